The van der Waals surface area contributed by atoms with Crippen molar-refractivity contribution in [3.05, 3.63) is 162 Å². The molecule has 86 heavy (non-hydrogen) atoms. The van der Waals surface area contributed by atoms with E-state index in [2.05, 4.69) is 52.1 Å². The number of ether oxygens (including phenoxy) is 8. The molecule has 0 bridgehead atoms. The molecule has 0 amide bonds. The molecule has 7 rings (SSSR count). The Labute approximate surface area is 507 Å². The Bertz CT molecular complexity index is 3220. The average Bonchev–Trinajstić information content (AvgIpc) is 3.72. The number of benzene rings is 6. The quantitative estimate of drug-likeness (QED) is 0.0172. The van der Waals surface area contributed by atoms with Crippen LogP contribution in [0.4, 0.5) is 0 Å². The van der Waals surface area contributed by atoms with Gasteiger partial charge < -0.3 is 42.3 Å². The number of unbranched alkanes of at least 4 members (excludes halogenated alkanes) is 6. The fourth-order valence-corrected chi connectivity index (χ4v) is 10.4. The summed E-state index contributed by atoms with van der Waals surface area (Å²) in [5.74, 6) is 0.485. The second-order valence-electron chi connectivity index (χ2n) is 22.8. The van der Waals surface area contributed by atoms with Gasteiger partial charge in [-0.1, -0.05) is 93.6 Å². The van der Waals surface area contributed by atoms with E-state index in [0.29, 0.717) is 106 Å². The molecule has 0 N–H and O–H groups in total. The van der Waals surface area contributed by atoms with E-state index in [-0.39, 0.29) is 30.9 Å². The number of methoxy groups -OCH3 is 1. The molecule has 0 unspecified atom stereocenters. The summed E-state index contributed by atoms with van der Waals surface area (Å²) in [6.45, 7) is 11.9. The standard InChI is InChI=1S/C70H79N3O12Si/c1-70(2,3)86(5,6)81-49-62-66(83-63(74)16-10-7-13-43-78-59-37-31-56(32-38-59)53-25-19-50(46-71)20-26-53)67(84-64(75)17-11-8-14-44-79-60-39-33-57(34-40-60)54-27-21-51(47-72)22-28-54)68(69(77-4)82-62)85-65(76)18-12-9-15-45-80-61-41-35-58(36-42-61)55-29-23-52(48-73)24-30-55/h19-42,62,66-69H,7-18,43-45,49H2,1-6H3/t62-,66-,67+,68-,69+/m1/s1. The summed E-state index contributed by atoms with van der Waals surface area (Å²) in [7, 11) is -0.991. The number of hydrogen-bond acceptors (Lipinski definition) is 15. The molecule has 5 atom stereocenters. The molecule has 0 spiro atoms. The largest absolute Gasteiger partial charge is 0.494 e. The lowest BCUT2D eigenvalue weighted by Gasteiger charge is -2.45. The van der Waals surface area contributed by atoms with Crippen molar-refractivity contribution >= 4 is 26.2 Å². The van der Waals surface area contributed by atoms with Crippen molar-refractivity contribution in [2.75, 3.05) is 33.5 Å². The summed E-state index contributed by atoms with van der Waals surface area (Å²) in [5, 5.41) is 27.3. The van der Waals surface area contributed by atoms with Gasteiger partial charge in [-0.25, -0.2) is 0 Å². The van der Waals surface area contributed by atoms with Crippen molar-refractivity contribution < 1.29 is 56.7 Å². The molecule has 16 heteroatoms. The van der Waals surface area contributed by atoms with E-state index in [1.54, 1.807) is 36.4 Å². The second-order valence-corrected chi connectivity index (χ2v) is 27.6. The summed E-state index contributed by atoms with van der Waals surface area (Å²) in [5.41, 5.74) is 7.81. The molecule has 6 aromatic carbocycles. The SMILES string of the molecule is CO[C@H]1O[C@H](CO[Si](C)(C)C(C)(C)C)[C@@H](OC(=O)CCCCCOc2ccc(-c3ccc(C#N)cc3)cc2)[C@H](OC(=O)CCCCCOc2ccc(-c3ccc(C#N)cc3)cc2)[C@H]1OC(=O)CCCCCOc1ccc(-c2ccc(C#N)cc2)cc1. The first-order valence-corrected chi connectivity index (χ1v) is 32.6. The number of hydrogen-bond donors (Lipinski definition) is 0. The molecule has 6 aromatic rings. The molecule has 1 aliphatic heterocycles. The number of carbonyl (C=O) groups is 3. The Morgan fingerprint density at radius 2 is 0.744 bits per heavy atom. The summed E-state index contributed by atoms with van der Waals surface area (Å²) < 4.78 is 55.8. The molecule has 0 radical (unpaired) electrons. The smallest absolute Gasteiger partial charge is 0.306 e. The second kappa shape index (κ2) is 32.8. The van der Waals surface area contributed by atoms with Gasteiger partial charge in [-0.2, -0.15) is 15.8 Å². The topological polar surface area (TPSA) is 206 Å². The Morgan fingerprint density at radius 3 is 1.05 bits per heavy atom. The van der Waals surface area contributed by atoms with E-state index < -0.39 is 56.9 Å². The van der Waals surface area contributed by atoms with Crippen LogP contribution in [0.3, 0.4) is 0 Å². The Hall–Kier alpha value is -8.30. The molecule has 1 heterocycles. The van der Waals surface area contributed by atoms with Crippen LogP contribution in [0.2, 0.25) is 18.1 Å². The minimum Gasteiger partial charge on any atom is -0.494 e. The lowest BCUT2D eigenvalue weighted by Crippen LogP contribution is -2.63. The van der Waals surface area contributed by atoms with Crippen LogP contribution in [0.1, 0.15) is 115 Å². The number of esters is 3. The minimum absolute atomic E-state index is 0.00365. The maximum atomic E-state index is 14.0. The molecule has 0 saturated carbocycles. The van der Waals surface area contributed by atoms with Crippen LogP contribution in [0.25, 0.3) is 33.4 Å². The van der Waals surface area contributed by atoms with Gasteiger partial charge in [0.15, 0.2) is 32.9 Å². The first-order chi connectivity index (χ1) is 41.6. The van der Waals surface area contributed by atoms with Crippen LogP contribution in [-0.4, -0.2) is 90.5 Å². The minimum atomic E-state index is -2.41. The fourth-order valence-electron chi connectivity index (χ4n) is 9.40. The summed E-state index contributed by atoms with van der Waals surface area (Å²) in [6.07, 6.45) is -0.357. The van der Waals surface area contributed by atoms with E-state index in [9.17, 15) is 14.4 Å². The van der Waals surface area contributed by atoms with Crippen molar-refractivity contribution in [2.45, 2.75) is 147 Å². The molecule has 0 aromatic heterocycles. The van der Waals surface area contributed by atoms with Gasteiger partial charge in [0.25, 0.3) is 0 Å². The highest BCUT2D eigenvalue weighted by molar-refractivity contribution is 6.74. The third-order valence-corrected chi connectivity index (χ3v) is 20.0. The predicted molar refractivity (Wildman–Crippen MR) is 330 cm³/mol. The zero-order valence-corrected chi connectivity index (χ0v) is 51.3. The number of nitrogens with zero attached hydrogens (tertiary/aromatic N) is 3. The van der Waals surface area contributed by atoms with Gasteiger partial charge in [0, 0.05) is 26.4 Å². The van der Waals surface area contributed by atoms with Crippen LogP contribution in [0, 0.1) is 34.0 Å². The number of nitriles is 3. The van der Waals surface area contributed by atoms with Gasteiger partial charge in [0.2, 0.25) is 0 Å². The number of rotatable bonds is 31. The first kappa shape index (κ1) is 65.2. The predicted octanol–water partition coefficient (Wildman–Crippen LogP) is 14.6. The van der Waals surface area contributed by atoms with Crippen LogP contribution < -0.4 is 14.2 Å². The highest BCUT2D eigenvalue weighted by atomic mass is 28.4. The molecule has 0 aliphatic carbocycles. The van der Waals surface area contributed by atoms with Crippen LogP contribution in [0.5, 0.6) is 17.2 Å². The van der Waals surface area contributed by atoms with Gasteiger partial charge in [0.05, 0.1) is 61.3 Å². The van der Waals surface area contributed by atoms with Gasteiger partial charge >= 0.3 is 17.9 Å². The molecule has 450 valence electrons. The molecule has 1 fully saturated rings. The van der Waals surface area contributed by atoms with Gasteiger partial charge in [-0.05, 0) is 182 Å². The van der Waals surface area contributed by atoms with E-state index in [0.717, 1.165) is 39.1 Å². The summed E-state index contributed by atoms with van der Waals surface area (Å²) >= 11 is 0. The maximum absolute atomic E-state index is 14.0. The van der Waals surface area contributed by atoms with E-state index in [1.165, 1.54) is 7.11 Å². The molecule has 15 nitrogen and oxygen atoms in total. The van der Waals surface area contributed by atoms with Gasteiger partial charge in [-0.3, -0.25) is 14.4 Å². The van der Waals surface area contributed by atoms with Gasteiger partial charge in [-0.15, -0.1) is 0 Å². The lowest BCUT2D eigenvalue weighted by molar-refractivity contribution is -0.302. The molecule has 1 saturated heterocycles. The van der Waals surface area contributed by atoms with E-state index >= 15 is 0 Å². The van der Waals surface area contributed by atoms with Crippen molar-refractivity contribution in [3.8, 4) is 68.8 Å². The first-order valence-electron chi connectivity index (χ1n) is 29.7. The van der Waals surface area contributed by atoms with Crippen molar-refractivity contribution in [1.29, 1.82) is 15.8 Å². The molecular weight excluding hydrogens is 1100 g/mol. The van der Waals surface area contributed by atoms with Crippen LogP contribution in [0.15, 0.2) is 146 Å². The zero-order chi connectivity index (χ0) is 61.3. The Morgan fingerprint density at radius 1 is 0.442 bits per heavy atom. The summed E-state index contributed by atoms with van der Waals surface area (Å²) in [4.78, 5) is 41.8. The molecule has 1 aliphatic rings. The lowest BCUT2D eigenvalue weighted by atomic mass is 9.98. The molecular formula is C70H79N3O12Si. The maximum Gasteiger partial charge on any atom is 0.306 e. The Kier molecular flexibility index (Phi) is 24.9. The Balaban J connectivity index is 0.960. The normalized spacial score (nSPS) is 16.6. The average molecular weight is 1180 g/mol. The van der Waals surface area contributed by atoms with E-state index in [1.807, 2.05) is 109 Å². The summed E-state index contributed by atoms with van der Waals surface area (Å²) in [6, 6.07) is 51.9. The highest BCUT2D eigenvalue weighted by Crippen LogP contribution is 2.38. The number of carbonyl (C=O) groups excluding carboxylic acids is 3. The van der Waals surface area contributed by atoms with E-state index in [4.69, 9.17) is 58.1 Å². The van der Waals surface area contributed by atoms with Crippen molar-refractivity contribution in [3.63, 3.8) is 0 Å². The van der Waals surface area contributed by atoms with Gasteiger partial charge in [0.1, 0.15) is 23.4 Å². The monoisotopic (exact) mass is 1180 g/mol. The fraction of sp³-hybridized carbons (Fsp3) is 0.400. The highest BCUT2D eigenvalue weighted by Gasteiger charge is 2.53. The van der Waals surface area contributed by atoms with Crippen molar-refractivity contribution in [2.24, 2.45) is 0 Å². The third-order valence-electron chi connectivity index (χ3n) is 15.5. The van der Waals surface area contributed by atoms with Crippen LogP contribution in [-0.2, 0) is 42.5 Å². The van der Waals surface area contributed by atoms with Crippen LogP contribution >= 0.6 is 0 Å². The van der Waals surface area contributed by atoms with Crippen molar-refractivity contribution in [1.82, 2.24) is 0 Å². The zero-order valence-electron chi connectivity index (χ0n) is 50.3. The third kappa shape index (κ3) is 19.9.